The van der Waals surface area contributed by atoms with Crippen LogP contribution in [-0.2, 0) is 17.6 Å². The third-order valence-corrected chi connectivity index (χ3v) is 5.11. The monoisotopic (exact) mass is 474 g/mol. The highest BCUT2D eigenvalue weighted by Gasteiger charge is 2.42. The molecule has 0 fully saturated rings. The van der Waals surface area contributed by atoms with Crippen molar-refractivity contribution in [3.63, 3.8) is 0 Å². The molecule has 0 spiro atoms. The predicted octanol–water partition coefficient (Wildman–Crippen LogP) is 6.03. The maximum atomic E-state index is 12.5. The van der Waals surface area contributed by atoms with E-state index >= 15 is 0 Å². The van der Waals surface area contributed by atoms with Crippen LogP contribution in [0.1, 0.15) is 30.9 Å². The molecule has 1 heterocycles. The van der Waals surface area contributed by atoms with Crippen LogP contribution in [0.4, 0.5) is 18.0 Å². The Morgan fingerprint density at radius 3 is 2.59 bits per heavy atom. The zero-order valence-corrected chi connectivity index (χ0v) is 18.0. The van der Waals surface area contributed by atoms with Gasteiger partial charge in [0.25, 0.3) is 5.79 Å². The van der Waals surface area contributed by atoms with Crippen LogP contribution in [0.3, 0.4) is 0 Å². The molecule has 2 aromatic carbocycles. The first kappa shape index (κ1) is 23.8. The van der Waals surface area contributed by atoms with E-state index in [1.807, 2.05) is 0 Å². The van der Waals surface area contributed by atoms with Gasteiger partial charge in [-0.1, -0.05) is 24.6 Å². The quantitative estimate of drug-likeness (QED) is 0.353. The molecule has 32 heavy (non-hydrogen) atoms. The van der Waals surface area contributed by atoms with Gasteiger partial charge in [-0.25, -0.2) is 4.79 Å². The van der Waals surface area contributed by atoms with Crippen LogP contribution < -0.4 is 14.2 Å². The van der Waals surface area contributed by atoms with E-state index in [9.17, 15) is 18.0 Å². The number of benzene rings is 2. The Morgan fingerprint density at radius 1 is 1.19 bits per heavy atom. The van der Waals surface area contributed by atoms with Crippen LogP contribution in [0.25, 0.3) is 0 Å². The van der Waals surface area contributed by atoms with Crippen molar-refractivity contribution in [2.24, 2.45) is 0 Å². The van der Waals surface area contributed by atoms with E-state index in [1.165, 1.54) is 18.2 Å². The lowest BCUT2D eigenvalue weighted by molar-refractivity contribution is -0.140. The SMILES string of the molecule is CC[C@]1(OC(=O)O)Cc2cc(OCCCOc3ccc(CC(F)(F)F)cc3Cl)ccc2O1. The van der Waals surface area contributed by atoms with Gasteiger partial charge in [0.1, 0.15) is 17.2 Å². The maximum Gasteiger partial charge on any atom is 0.509 e. The van der Waals surface area contributed by atoms with Crippen molar-refractivity contribution in [1.82, 2.24) is 0 Å². The first-order valence-electron chi connectivity index (χ1n) is 9.94. The summed E-state index contributed by atoms with van der Waals surface area (Å²) in [4.78, 5) is 10.9. The highest BCUT2D eigenvalue weighted by atomic mass is 35.5. The van der Waals surface area contributed by atoms with Crippen molar-refractivity contribution < 1.29 is 42.0 Å². The Kier molecular flexibility index (Phi) is 7.28. The van der Waals surface area contributed by atoms with Crippen molar-refractivity contribution in [3.05, 3.63) is 52.5 Å². The van der Waals surface area contributed by atoms with Crippen LogP contribution in [-0.4, -0.2) is 36.4 Å². The lowest BCUT2D eigenvalue weighted by Gasteiger charge is -2.25. The molecule has 174 valence electrons. The van der Waals surface area contributed by atoms with E-state index < -0.39 is 24.5 Å². The summed E-state index contributed by atoms with van der Waals surface area (Å²) in [6.45, 7) is 2.37. The van der Waals surface area contributed by atoms with E-state index in [0.29, 0.717) is 36.7 Å². The number of halogens is 4. The normalized spacial score (nSPS) is 17.4. The number of rotatable bonds is 9. The predicted molar refractivity (Wildman–Crippen MR) is 110 cm³/mol. The summed E-state index contributed by atoms with van der Waals surface area (Å²) in [6, 6.07) is 9.19. The fourth-order valence-electron chi connectivity index (χ4n) is 3.33. The van der Waals surface area contributed by atoms with E-state index in [1.54, 1.807) is 25.1 Å². The average Bonchev–Trinajstić information content (AvgIpc) is 3.05. The Morgan fingerprint density at radius 2 is 1.94 bits per heavy atom. The molecule has 0 bridgehead atoms. The molecule has 0 saturated carbocycles. The fraction of sp³-hybridized carbons (Fsp3) is 0.409. The number of hydrogen-bond donors (Lipinski definition) is 1. The highest BCUT2D eigenvalue weighted by molar-refractivity contribution is 6.32. The van der Waals surface area contributed by atoms with Crippen molar-refractivity contribution >= 4 is 17.8 Å². The van der Waals surface area contributed by atoms with Gasteiger partial charge in [-0.15, -0.1) is 0 Å². The van der Waals surface area contributed by atoms with E-state index in [0.717, 1.165) is 5.56 Å². The summed E-state index contributed by atoms with van der Waals surface area (Å²) in [7, 11) is 0. The third-order valence-electron chi connectivity index (χ3n) is 4.82. The standard InChI is InChI=1S/C22H22ClF3O6/c1-2-21(32-20(27)28)13-15-11-16(5-7-18(15)31-21)29-8-3-9-30-19-6-4-14(10-17(19)23)12-22(24,25)26/h4-7,10-11H,2-3,8-9,12-13H2,1H3,(H,27,28)/t21-/m0/s1. The zero-order valence-electron chi connectivity index (χ0n) is 17.2. The van der Waals surface area contributed by atoms with Crippen LogP contribution in [0.5, 0.6) is 17.2 Å². The van der Waals surface area contributed by atoms with Gasteiger partial charge in [0, 0.05) is 18.4 Å². The van der Waals surface area contributed by atoms with Gasteiger partial charge >= 0.3 is 12.3 Å². The smallest absolute Gasteiger partial charge is 0.493 e. The van der Waals surface area contributed by atoms with Crippen LogP contribution >= 0.6 is 11.6 Å². The molecule has 1 N–H and O–H groups in total. The van der Waals surface area contributed by atoms with Crippen LogP contribution in [0.15, 0.2) is 36.4 Å². The minimum atomic E-state index is -4.30. The minimum Gasteiger partial charge on any atom is -0.493 e. The Balaban J connectivity index is 1.46. The number of alkyl halides is 3. The summed E-state index contributed by atoms with van der Waals surface area (Å²) in [6.07, 6.45) is -5.58. The number of hydrogen-bond acceptors (Lipinski definition) is 5. The average molecular weight is 475 g/mol. The molecular formula is C22H22ClF3O6. The summed E-state index contributed by atoms with van der Waals surface area (Å²) in [5.74, 6) is 0.216. The molecule has 2 aromatic rings. The molecule has 3 rings (SSSR count). The van der Waals surface area contributed by atoms with Gasteiger partial charge in [-0.2, -0.15) is 13.2 Å². The molecule has 1 atom stereocenters. The fourth-order valence-corrected chi connectivity index (χ4v) is 3.59. The lowest BCUT2D eigenvalue weighted by atomic mass is 10.1. The third kappa shape index (κ3) is 6.35. The Labute approximate surface area is 187 Å². The van der Waals surface area contributed by atoms with Gasteiger partial charge in [0.05, 0.1) is 31.1 Å². The number of carboxylic acid groups (broad SMARTS) is 1. The molecule has 10 heteroatoms. The Hall–Kier alpha value is -2.81. The number of fused-ring (bicyclic) bond motifs is 1. The minimum absolute atomic E-state index is 0.0691. The van der Waals surface area contributed by atoms with E-state index in [2.05, 4.69) is 0 Å². The summed E-state index contributed by atoms with van der Waals surface area (Å²) in [5.41, 5.74) is 0.854. The van der Waals surface area contributed by atoms with Gasteiger partial charge in [-0.05, 0) is 35.9 Å². The molecule has 1 aliphatic rings. The van der Waals surface area contributed by atoms with Crippen LogP contribution in [0, 0.1) is 0 Å². The van der Waals surface area contributed by atoms with Crippen molar-refractivity contribution in [1.29, 1.82) is 0 Å². The molecule has 1 aliphatic heterocycles. The second kappa shape index (κ2) is 9.77. The van der Waals surface area contributed by atoms with Crippen molar-refractivity contribution in [2.45, 2.75) is 44.6 Å². The zero-order chi connectivity index (χ0) is 23.4. The van der Waals surface area contributed by atoms with Gasteiger partial charge in [-0.3, -0.25) is 0 Å². The number of ether oxygens (including phenoxy) is 4. The Bertz CT molecular complexity index is 965. The molecule has 0 aliphatic carbocycles. The maximum absolute atomic E-state index is 12.5. The summed E-state index contributed by atoms with van der Waals surface area (Å²) >= 11 is 6.01. The summed E-state index contributed by atoms with van der Waals surface area (Å²) < 4.78 is 59.2. The number of carbonyl (C=O) groups is 1. The topological polar surface area (TPSA) is 74.2 Å². The molecule has 0 amide bonds. The lowest BCUT2D eigenvalue weighted by Crippen LogP contribution is -2.38. The second-order valence-electron chi connectivity index (χ2n) is 7.29. The molecule has 0 radical (unpaired) electrons. The van der Waals surface area contributed by atoms with Crippen molar-refractivity contribution in [3.8, 4) is 17.2 Å². The highest BCUT2D eigenvalue weighted by Crippen LogP contribution is 2.39. The first-order chi connectivity index (χ1) is 15.1. The van der Waals surface area contributed by atoms with Gasteiger partial charge < -0.3 is 24.1 Å². The molecule has 6 nitrogen and oxygen atoms in total. The van der Waals surface area contributed by atoms with Gasteiger partial charge in [0.15, 0.2) is 0 Å². The van der Waals surface area contributed by atoms with Gasteiger partial charge in [0.2, 0.25) is 0 Å². The second-order valence-corrected chi connectivity index (χ2v) is 7.69. The van der Waals surface area contributed by atoms with Crippen molar-refractivity contribution in [2.75, 3.05) is 13.2 Å². The summed E-state index contributed by atoms with van der Waals surface area (Å²) in [5, 5.41) is 9.06. The molecule has 0 aromatic heterocycles. The largest absolute Gasteiger partial charge is 0.509 e. The molecule has 0 unspecified atom stereocenters. The van der Waals surface area contributed by atoms with Crippen LogP contribution in [0.2, 0.25) is 5.02 Å². The van der Waals surface area contributed by atoms with E-state index in [-0.39, 0.29) is 23.6 Å². The molecular weight excluding hydrogens is 453 g/mol. The molecule has 0 saturated heterocycles. The first-order valence-corrected chi connectivity index (χ1v) is 10.3. The van der Waals surface area contributed by atoms with E-state index in [4.69, 9.17) is 35.7 Å².